The zero-order chi connectivity index (χ0) is 21.5. The number of benzene rings is 2. The van der Waals surface area contributed by atoms with Gasteiger partial charge in [-0.15, -0.1) is 0 Å². The van der Waals surface area contributed by atoms with E-state index in [-0.39, 0.29) is 25.7 Å². The number of nitrogens with one attached hydrogen (secondary N) is 2. The normalized spacial score (nSPS) is 12.6. The molecule has 0 aromatic heterocycles. The van der Waals surface area contributed by atoms with Gasteiger partial charge in [-0.05, 0) is 31.2 Å². The molecule has 158 valence electrons. The van der Waals surface area contributed by atoms with E-state index in [9.17, 15) is 14.4 Å². The Morgan fingerprint density at radius 1 is 1.10 bits per heavy atom. The van der Waals surface area contributed by atoms with E-state index in [1.165, 1.54) is 14.0 Å². The summed E-state index contributed by atoms with van der Waals surface area (Å²) >= 11 is 0. The lowest BCUT2D eigenvalue weighted by Gasteiger charge is -2.14. The highest BCUT2D eigenvalue weighted by Gasteiger charge is 2.20. The van der Waals surface area contributed by atoms with Crippen LogP contribution in [0.15, 0.2) is 42.5 Å². The molecular weight excluding hydrogens is 392 g/mol. The Labute approximate surface area is 173 Å². The number of carbonyl (C=O) groups excluding carboxylic acids is 3. The molecule has 2 amide bonds. The Morgan fingerprint density at radius 3 is 2.67 bits per heavy atom. The summed E-state index contributed by atoms with van der Waals surface area (Å²) in [5, 5.41) is 5.27. The molecule has 9 heteroatoms. The lowest BCUT2D eigenvalue weighted by Crippen LogP contribution is -2.32. The lowest BCUT2D eigenvalue weighted by molar-refractivity contribution is -0.153. The third-order valence-electron chi connectivity index (χ3n) is 4.28. The minimum absolute atomic E-state index is 0.0617. The van der Waals surface area contributed by atoms with Gasteiger partial charge in [0.1, 0.15) is 5.75 Å². The average Bonchev–Trinajstić information content (AvgIpc) is 3.21. The van der Waals surface area contributed by atoms with Crippen LogP contribution >= 0.6 is 0 Å². The van der Waals surface area contributed by atoms with Gasteiger partial charge >= 0.3 is 5.97 Å². The fourth-order valence-corrected chi connectivity index (χ4v) is 2.73. The van der Waals surface area contributed by atoms with Crippen molar-refractivity contribution in [3.63, 3.8) is 0 Å². The number of carbonyl (C=O) groups is 3. The Morgan fingerprint density at radius 2 is 1.87 bits per heavy atom. The van der Waals surface area contributed by atoms with Gasteiger partial charge in [-0.3, -0.25) is 14.4 Å². The van der Waals surface area contributed by atoms with Gasteiger partial charge in [-0.2, -0.15) is 0 Å². The molecule has 2 aromatic rings. The van der Waals surface area contributed by atoms with Crippen molar-refractivity contribution in [2.45, 2.75) is 19.4 Å². The SMILES string of the molecule is COc1ccccc1C(=O)NCCC(=O)O[C@@H](C)C(=O)Nc1ccc2c(c1)OCO2. The van der Waals surface area contributed by atoms with Crippen LogP contribution < -0.4 is 24.8 Å². The molecule has 0 radical (unpaired) electrons. The number of amides is 2. The van der Waals surface area contributed by atoms with Crippen LogP contribution in [0, 0.1) is 0 Å². The summed E-state index contributed by atoms with van der Waals surface area (Å²) < 4.78 is 20.7. The maximum absolute atomic E-state index is 12.2. The summed E-state index contributed by atoms with van der Waals surface area (Å²) in [6.07, 6.45) is -1.09. The second-order valence-electron chi connectivity index (χ2n) is 6.40. The van der Waals surface area contributed by atoms with Gasteiger partial charge in [0.2, 0.25) is 6.79 Å². The van der Waals surface area contributed by atoms with Crippen LogP contribution in [0.25, 0.3) is 0 Å². The first-order valence-electron chi connectivity index (χ1n) is 9.29. The number of hydrogen-bond acceptors (Lipinski definition) is 7. The molecule has 0 bridgehead atoms. The molecule has 0 saturated carbocycles. The van der Waals surface area contributed by atoms with E-state index in [1.54, 1.807) is 42.5 Å². The number of esters is 1. The molecule has 3 rings (SSSR count). The topological polar surface area (TPSA) is 112 Å². The number of anilines is 1. The fourth-order valence-electron chi connectivity index (χ4n) is 2.73. The molecule has 1 aliphatic rings. The number of rotatable bonds is 8. The van der Waals surface area contributed by atoms with Gasteiger partial charge in [0.15, 0.2) is 17.6 Å². The van der Waals surface area contributed by atoms with Crippen molar-refractivity contribution in [3.8, 4) is 17.2 Å². The van der Waals surface area contributed by atoms with Crippen molar-refractivity contribution in [1.82, 2.24) is 5.32 Å². The second-order valence-corrected chi connectivity index (χ2v) is 6.40. The van der Waals surface area contributed by atoms with Gasteiger partial charge in [0.05, 0.1) is 19.1 Å². The van der Waals surface area contributed by atoms with Crippen LogP contribution in [0.2, 0.25) is 0 Å². The van der Waals surface area contributed by atoms with E-state index in [0.717, 1.165) is 0 Å². The summed E-state index contributed by atoms with van der Waals surface area (Å²) in [4.78, 5) is 36.4. The number of hydrogen-bond donors (Lipinski definition) is 2. The molecule has 2 N–H and O–H groups in total. The monoisotopic (exact) mass is 414 g/mol. The predicted molar refractivity (Wildman–Crippen MR) is 107 cm³/mol. The summed E-state index contributed by atoms with van der Waals surface area (Å²) in [5.41, 5.74) is 0.862. The molecule has 0 aliphatic carbocycles. The first kappa shape index (κ1) is 21.0. The van der Waals surface area contributed by atoms with Crippen LogP contribution in [0.5, 0.6) is 17.2 Å². The zero-order valence-corrected chi connectivity index (χ0v) is 16.6. The van der Waals surface area contributed by atoms with Crippen molar-refractivity contribution >= 4 is 23.5 Å². The van der Waals surface area contributed by atoms with Crippen molar-refractivity contribution in [2.24, 2.45) is 0 Å². The van der Waals surface area contributed by atoms with Gasteiger partial charge in [-0.1, -0.05) is 12.1 Å². The highest BCUT2D eigenvalue weighted by Crippen LogP contribution is 2.34. The molecule has 1 atom stereocenters. The highest BCUT2D eigenvalue weighted by atomic mass is 16.7. The van der Waals surface area contributed by atoms with Gasteiger partial charge < -0.3 is 29.6 Å². The standard InChI is InChI=1S/C21H22N2O7/c1-13(20(25)23-14-7-8-17-18(11-14)29-12-28-17)30-19(24)9-10-22-21(26)15-5-3-4-6-16(15)27-2/h3-8,11,13H,9-10,12H2,1-2H3,(H,22,26)(H,23,25)/t13-/m0/s1. The van der Waals surface area contributed by atoms with Gasteiger partial charge in [0, 0.05) is 18.3 Å². The van der Waals surface area contributed by atoms with Crippen LogP contribution in [0.3, 0.4) is 0 Å². The lowest BCUT2D eigenvalue weighted by atomic mass is 10.2. The largest absolute Gasteiger partial charge is 0.496 e. The quantitative estimate of drug-likeness (QED) is 0.636. The van der Waals surface area contributed by atoms with Crippen LogP contribution in [0.1, 0.15) is 23.7 Å². The van der Waals surface area contributed by atoms with Crippen molar-refractivity contribution in [1.29, 1.82) is 0 Å². The van der Waals surface area contributed by atoms with E-state index < -0.39 is 18.0 Å². The number of fused-ring (bicyclic) bond motifs is 1. The Hall–Kier alpha value is -3.75. The Bertz CT molecular complexity index is 945. The molecule has 0 saturated heterocycles. The van der Waals surface area contributed by atoms with E-state index in [4.69, 9.17) is 18.9 Å². The Balaban J connectivity index is 1.43. The maximum Gasteiger partial charge on any atom is 0.308 e. The summed E-state index contributed by atoms with van der Waals surface area (Å²) in [7, 11) is 1.47. The summed E-state index contributed by atoms with van der Waals surface area (Å²) in [6.45, 7) is 1.66. The van der Waals surface area contributed by atoms with E-state index in [0.29, 0.717) is 28.5 Å². The van der Waals surface area contributed by atoms with Crippen molar-refractivity contribution in [3.05, 3.63) is 48.0 Å². The van der Waals surface area contributed by atoms with E-state index in [1.807, 2.05) is 0 Å². The van der Waals surface area contributed by atoms with Gasteiger partial charge in [0.25, 0.3) is 11.8 Å². The van der Waals surface area contributed by atoms with Crippen LogP contribution in [0.4, 0.5) is 5.69 Å². The smallest absolute Gasteiger partial charge is 0.308 e. The molecule has 0 fully saturated rings. The predicted octanol–water partition coefficient (Wildman–Crippen LogP) is 2.11. The van der Waals surface area contributed by atoms with E-state index in [2.05, 4.69) is 10.6 Å². The number of methoxy groups -OCH3 is 1. The third-order valence-corrected chi connectivity index (χ3v) is 4.28. The summed E-state index contributed by atoms with van der Waals surface area (Å²) in [5.74, 6) is 0.107. The summed E-state index contributed by atoms with van der Waals surface area (Å²) in [6, 6.07) is 11.7. The zero-order valence-electron chi connectivity index (χ0n) is 16.6. The average molecular weight is 414 g/mol. The molecule has 1 heterocycles. The molecule has 0 unspecified atom stereocenters. The second kappa shape index (κ2) is 9.64. The third kappa shape index (κ3) is 5.19. The maximum atomic E-state index is 12.2. The molecule has 2 aromatic carbocycles. The number of ether oxygens (including phenoxy) is 4. The first-order valence-corrected chi connectivity index (χ1v) is 9.29. The Kier molecular flexibility index (Phi) is 6.74. The van der Waals surface area contributed by atoms with Crippen molar-refractivity contribution in [2.75, 3.05) is 25.8 Å². The van der Waals surface area contributed by atoms with Crippen molar-refractivity contribution < 1.29 is 33.3 Å². The molecule has 30 heavy (non-hydrogen) atoms. The molecule has 0 spiro atoms. The first-order chi connectivity index (χ1) is 14.5. The van der Waals surface area contributed by atoms with Crippen LogP contribution in [-0.4, -0.2) is 44.3 Å². The molecule has 1 aliphatic heterocycles. The van der Waals surface area contributed by atoms with E-state index >= 15 is 0 Å². The highest BCUT2D eigenvalue weighted by molar-refractivity contribution is 5.97. The minimum Gasteiger partial charge on any atom is -0.496 e. The minimum atomic E-state index is -1.01. The fraction of sp³-hybridized carbons (Fsp3) is 0.286. The van der Waals surface area contributed by atoms with Gasteiger partial charge in [-0.25, -0.2) is 0 Å². The molecule has 9 nitrogen and oxygen atoms in total. The molecular formula is C21H22N2O7. The number of para-hydroxylation sites is 1. The van der Waals surface area contributed by atoms with Crippen LogP contribution in [-0.2, 0) is 14.3 Å².